The van der Waals surface area contributed by atoms with Gasteiger partial charge in [-0.05, 0) is 29.3 Å². The summed E-state index contributed by atoms with van der Waals surface area (Å²) in [5.74, 6) is 1.47. The summed E-state index contributed by atoms with van der Waals surface area (Å²) in [6.07, 6.45) is 3.93. The molecule has 106 valence electrons. The smallest absolute Gasteiger partial charge is 0.225 e. The van der Waals surface area contributed by atoms with Crippen LogP contribution in [0.25, 0.3) is 0 Å². The highest BCUT2D eigenvalue weighted by atomic mass is 16.6. The Balaban J connectivity index is 1.84. The number of anilines is 1. The maximum Gasteiger partial charge on any atom is 0.225 e. The van der Waals surface area contributed by atoms with Gasteiger partial charge in [0.2, 0.25) is 5.91 Å². The van der Waals surface area contributed by atoms with Crippen LogP contribution < -0.4 is 14.8 Å². The number of ether oxygens (including phenoxy) is 2. The molecule has 2 aromatic rings. The molecule has 4 rings (SSSR count). The largest absolute Gasteiger partial charge is 0.486 e. The fourth-order valence-electron chi connectivity index (χ4n) is 2.89. The molecule has 0 saturated carbocycles. The molecule has 2 aliphatic rings. The van der Waals surface area contributed by atoms with Gasteiger partial charge in [0.1, 0.15) is 13.2 Å². The van der Waals surface area contributed by atoms with Crippen LogP contribution in [0, 0.1) is 0 Å². The first-order chi connectivity index (χ1) is 10.3. The van der Waals surface area contributed by atoms with Gasteiger partial charge in [-0.3, -0.25) is 9.78 Å². The number of aromatic nitrogens is 1. The molecular weight excluding hydrogens is 268 g/mol. The molecule has 0 radical (unpaired) electrons. The highest BCUT2D eigenvalue weighted by molar-refractivity contribution is 5.96. The average molecular weight is 282 g/mol. The molecule has 0 unspecified atom stereocenters. The van der Waals surface area contributed by atoms with Crippen LogP contribution in [-0.4, -0.2) is 24.1 Å². The topological polar surface area (TPSA) is 60.5 Å². The molecule has 1 aromatic carbocycles. The number of nitrogens with one attached hydrogen (secondary N) is 1. The lowest BCUT2D eigenvalue weighted by Gasteiger charge is -2.28. The molecule has 0 saturated heterocycles. The second-order valence-corrected chi connectivity index (χ2v) is 5.17. The van der Waals surface area contributed by atoms with Crippen molar-refractivity contribution in [3.63, 3.8) is 0 Å². The molecule has 1 amide bonds. The van der Waals surface area contributed by atoms with Crippen molar-refractivity contribution in [2.75, 3.05) is 18.5 Å². The van der Waals surface area contributed by atoms with Crippen molar-refractivity contribution in [1.29, 1.82) is 0 Å². The molecule has 0 spiro atoms. The Labute approximate surface area is 121 Å². The van der Waals surface area contributed by atoms with Crippen LogP contribution in [-0.2, 0) is 4.79 Å². The van der Waals surface area contributed by atoms with Crippen LogP contribution in [0.5, 0.6) is 11.5 Å². The molecule has 0 bridgehead atoms. The van der Waals surface area contributed by atoms with Crippen LogP contribution in [0.2, 0.25) is 0 Å². The summed E-state index contributed by atoms with van der Waals surface area (Å²) in [7, 11) is 0. The van der Waals surface area contributed by atoms with E-state index in [0.29, 0.717) is 25.4 Å². The Bertz CT molecular complexity index is 700. The third-order valence-corrected chi connectivity index (χ3v) is 3.86. The first kappa shape index (κ1) is 12.2. The molecular formula is C16H14N2O3. The predicted molar refractivity (Wildman–Crippen MR) is 76.8 cm³/mol. The third-order valence-electron chi connectivity index (χ3n) is 3.86. The van der Waals surface area contributed by atoms with Gasteiger partial charge in [-0.1, -0.05) is 0 Å². The minimum Gasteiger partial charge on any atom is -0.486 e. The van der Waals surface area contributed by atoms with Gasteiger partial charge in [-0.2, -0.15) is 0 Å². The summed E-state index contributed by atoms with van der Waals surface area (Å²) in [4.78, 5) is 16.0. The highest BCUT2D eigenvalue weighted by Crippen LogP contribution is 2.43. The Morgan fingerprint density at radius 1 is 1.10 bits per heavy atom. The summed E-state index contributed by atoms with van der Waals surface area (Å²) in [6.45, 7) is 1.09. The highest BCUT2D eigenvalue weighted by Gasteiger charge is 2.29. The molecule has 1 N–H and O–H groups in total. The van der Waals surface area contributed by atoms with E-state index in [1.807, 2.05) is 24.3 Å². The Hall–Kier alpha value is -2.56. The maximum absolute atomic E-state index is 12.0. The number of carbonyl (C=O) groups excluding carboxylic acids is 1. The lowest BCUT2D eigenvalue weighted by Crippen LogP contribution is -2.24. The van der Waals surface area contributed by atoms with Crippen molar-refractivity contribution in [2.45, 2.75) is 12.3 Å². The zero-order valence-electron chi connectivity index (χ0n) is 11.3. The van der Waals surface area contributed by atoms with Gasteiger partial charge in [-0.25, -0.2) is 0 Å². The zero-order valence-corrected chi connectivity index (χ0v) is 11.3. The number of pyridine rings is 1. The summed E-state index contributed by atoms with van der Waals surface area (Å²) in [6, 6.07) is 7.73. The Morgan fingerprint density at radius 2 is 1.81 bits per heavy atom. The van der Waals surface area contributed by atoms with Gasteiger partial charge < -0.3 is 14.8 Å². The zero-order chi connectivity index (χ0) is 14.2. The minimum absolute atomic E-state index is 0.0148. The quantitative estimate of drug-likeness (QED) is 0.872. The van der Waals surface area contributed by atoms with E-state index >= 15 is 0 Å². The number of amides is 1. The van der Waals surface area contributed by atoms with E-state index < -0.39 is 0 Å². The van der Waals surface area contributed by atoms with Crippen molar-refractivity contribution >= 4 is 11.6 Å². The standard InChI is InChI=1S/C16H14N2O3/c19-16-8-11(10-1-3-17-4-2-10)12-7-14-15(9-13(12)18-16)21-6-5-20-14/h1-4,7,9,11H,5-6,8H2,(H,18,19)/t11-/m0/s1. The number of benzene rings is 1. The minimum atomic E-state index is 0.0148. The van der Waals surface area contributed by atoms with Crippen molar-refractivity contribution in [3.8, 4) is 11.5 Å². The van der Waals surface area contributed by atoms with Crippen molar-refractivity contribution < 1.29 is 14.3 Å². The maximum atomic E-state index is 12.0. The lowest BCUT2D eigenvalue weighted by molar-refractivity contribution is -0.116. The first-order valence-electron chi connectivity index (χ1n) is 6.94. The van der Waals surface area contributed by atoms with Crippen LogP contribution in [0.1, 0.15) is 23.5 Å². The van der Waals surface area contributed by atoms with Crippen molar-refractivity contribution in [1.82, 2.24) is 4.98 Å². The fraction of sp³-hybridized carbons (Fsp3) is 0.250. The molecule has 5 heteroatoms. The Morgan fingerprint density at radius 3 is 2.57 bits per heavy atom. The van der Waals surface area contributed by atoms with Crippen LogP contribution >= 0.6 is 0 Å². The Kier molecular flexibility index (Phi) is 2.77. The predicted octanol–water partition coefficient (Wildman–Crippen LogP) is 2.33. The van der Waals surface area contributed by atoms with Gasteiger partial charge in [0, 0.05) is 36.5 Å². The molecule has 21 heavy (non-hydrogen) atoms. The monoisotopic (exact) mass is 282 g/mol. The SMILES string of the molecule is O=C1C[C@@H](c2ccncc2)c2cc3c(cc2N1)OCCO3. The van der Waals surface area contributed by atoms with E-state index in [2.05, 4.69) is 10.3 Å². The lowest BCUT2D eigenvalue weighted by atomic mass is 9.85. The summed E-state index contributed by atoms with van der Waals surface area (Å²) >= 11 is 0. The van der Waals surface area contributed by atoms with E-state index in [1.54, 1.807) is 12.4 Å². The van der Waals surface area contributed by atoms with Gasteiger partial charge >= 0.3 is 0 Å². The number of hydrogen-bond donors (Lipinski definition) is 1. The fourth-order valence-corrected chi connectivity index (χ4v) is 2.89. The second-order valence-electron chi connectivity index (χ2n) is 5.17. The van der Waals surface area contributed by atoms with Crippen LogP contribution in [0.4, 0.5) is 5.69 Å². The number of nitrogens with zero attached hydrogens (tertiary/aromatic N) is 1. The molecule has 2 aliphatic heterocycles. The summed E-state index contributed by atoms with van der Waals surface area (Å²) in [5, 5.41) is 2.92. The number of hydrogen-bond acceptors (Lipinski definition) is 4. The van der Waals surface area contributed by atoms with Crippen molar-refractivity contribution in [2.24, 2.45) is 0 Å². The second kappa shape index (κ2) is 4.77. The third kappa shape index (κ3) is 2.11. The molecule has 3 heterocycles. The number of fused-ring (bicyclic) bond motifs is 2. The first-order valence-corrected chi connectivity index (χ1v) is 6.94. The van der Waals surface area contributed by atoms with E-state index in [1.165, 1.54) is 0 Å². The van der Waals surface area contributed by atoms with E-state index in [0.717, 1.165) is 22.6 Å². The van der Waals surface area contributed by atoms with Crippen LogP contribution in [0.15, 0.2) is 36.7 Å². The summed E-state index contributed by atoms with van der Waals surface area (Å²) in [5.41, 5.74) is 2.94. The summed E-state index contributed by atoms with van der Waals surface area (Å²) < 4.78 is 11.2. The van der Waals surface area contributed by atoms with E-state index in [9.17, 15) is 4.79 Å². The normalized spacial score (nSPS) is 19.6. The van der Waals surface area contributed by atoms with Gasteiger partial charge in [0.25, 0.3) is 0 Å². The van der Waals surface area contributed by atoms with Gasteiger partial charge in [0.05, 0.1) is 0 Å². The van der Waals surface area contributed by atoms with E-state index in [4.69, 9.17) is 9.47 Å². The number of rotatable bonds is 1. The van der Waals surface area contributed by atoms with Crippen LogP contribution in [0.3, 0.4) is 0 Å². The molecule has 1 aromatic heterocycles. The molecule has 1 atom stereocenters. The average Bonchev–Trinajstić information content (AvgIpc) is 2.53. The molecule has 5 nitrogen and oxygen atoms in total. The van der Waals surface area contributed by atoms with Gasteiger partial charge in [-0.15, -0.1) is 0 Å². The van der Waals surface area contributed by atoms with E-state index in [-0.39, 0.29) is 11.8 Å². The molecule has 0 fully saturated rings. The molecule has 0 aliphatic carbocycles. The van der Waals surface area contributed by atoms with Gasteiger partial charge in [0.15, 0.2) is 11.5 Å². The number of carbonyl (C=O) groups is 1. The van der Waals surface area contributed by atoms with Crippen molar-refractivity contribution in [3.05, 3.63) is 47.8 Å².